The molecular weight excluding hydrogens is 904 g/mol. The zero-order valence-electron chi connectivity index (χ0n) is 37.2. The number of carbonyl (C=O) groups is 6. The molecule has 3 aliphatic heterocycles. The zero-order valence-corrected chi connectivity index (χ0v) is 38.2. The van der Waals surface area contributed by atoms with Crippen molar-refractivity contribution in [1.82, 2.24) is 5.32 Å². The van der Waals surface area contributed by atoms with E-state index in [2.05, 4.69) is 19.6 Å². The second-order valence-corrected chi connectivity index (χ2v) is 22.5. The smallest absolute Gasteiger partial charge is 0.465 e. The van der Waals surface area contributed by atoms with Crippen LogP contribution in [0.25, 0.3) is 0 Å². The first-order valence-electron chi connectivity index (χ1n) is 20.8. The third-order valence-electron chi connectivity index (χ3n) is 10.5. The van der Waals surface area contributed by atoms with Crippen molar-refractivity contribution >= 4 is 43.8 Å². The highest BCUT2D eigenvalue weighted by molar-refractivity contribution is 6.76. The zero-order chi connectivity index (χ0) is 48.6. The van der Waals surface area contributed by atoms with Gasteiger partial charge in [0.05, 0.1) is 31.4 Å². The highest BCUT2D eigenvalue weighted by Crippen LogP contribution is 2.43. The fourth-order valence-electron chi connectivity index (χ4n) is 7.40. The van der Waals surface area contributed by atoms with Crippen molar-refractivity contribution in [3.63, 3.8) is 0 Å². The van der Waals surface area contributed by atoms with E-state index in [4.69, 9.17) is 52.1 Å². The summed E-state index contributed by atoms with van der Waals surface area (Å²) in [6.07, 6.45) is -23.9. The average molecular weight is 958 g/mol. The van der Waals surface area contributed by atoms with Crippen molar-refractivity contribution in [2.45, 2.75) is 132 Å². The number of esters is 5. The Balaban J connectivity index is 1.70. The van der Waals surface area contributed by atoms with Crippen LogP contribution in [0.1, 0.15) is 49.4 Å². The molecule has 66 heavy (non-hydrogen) atoms. The Morgan fingerprint density at radius 3 is 2.11 bits per heavy atom. The molecule has 5 rings (SSSR count). The van der Waals surface area contributed by atoms with E-state index in [1.807, 2.05) is 0 Å². The summed E-state index contributed by atoms with van der Waals surface area (Å²) in [4.78, 5) is 78.0. The molecule has 1 unspecified atom stereocenters. The molecule has 0 aliphatic carbocycles. The van der Waals surface area contributed by atoms with Gasteiger partial charge in [0, 0.05) is 47.4 Å². The Bertz CT molecular complexity index is 2010. The summed E-state index contributed by atoms with van der Waals surface area (Å²) < 4.78 is 107. The number of carbonyl (C=O) groups excluding carboxylic acids is 6. The molecule has 0 radical (unpaired) electrons. The maximum absolute atomic E-state index is 14.4. The third-order valence-corrected chi connectivity index (χ3v) is 12.2. The number of aliphatic hydroxyl groups is 1. The van der Waals surface area contributed by atoms with E-state index in [1.165, 1.54) is 12.1 Å². The molecule has 3 aliphatic rings. The van der Waals surface area contributed by atoms with Crippen LogP contribution in [0, 0.1) is 0 Å². The Hall–Kier alpha value is -5.01. The van der Waals surface area contributed by atoms with Crippen LogP contribution in [0.2, 0.25) is 25.7 Å². The molecule has 12 atom stereocenters. The van der Waals surface area contributed by atoms with E-state index in [9.17, 15) is 47.0 Å². The van der Waals surface area contributed by atoms with Crippen molar-refractivity contribution in [1.29, 1.82) is 0 Å². The minimum atomic E-state index is -5.56. The van der Waals surface area contributed by atoms with E-state index in [0.29, 0.717) is 11.6 Å². The second kappa shape index (κ2) is 22.2. The van der Waals surface area contributed by atoms with Crippen LogP contribution in [0.5, 0.6) is 0 Å². The number of rotatable bonds is 17. The van der Waals surface area contributed by atoms with Crippen LogP contribution >= 0.6 is 0 Å². The van der Waals surface area contributed by atoms with E-state index >= 15 is 0 Å². The van der Waals surface area contributed by atoms with Gasteiger partial charge in [-0.25, -0.2) is 9.59 Å². The van der Waals surface area contributed by atoms with Gasteiger partial charge in [-0.1, -0.05) is 68.2 Å². The molecular formula is C43H54F3NO18Si. The summed E-state index contributed by atoms with van der Waals surface area (Å²) in [5.74, 6) is -11.2. The standard InChI is InChI=1S/C43H54F3NO18Si/c1-23(48)57-21-29(59-24(2)49)32(60-25(3)50)34-31(47-40(53)43(44,45)46)28(51)20-42(64-34,41(54)55-4)65-35-33-30(22-58-38(63-33)27-16-12-9-13-17-27)61-39(56-18-19-66(5,6)7)36(35)62-37(52)26-14-10-8-11-15-26/h8-17,28-36,38-39,51H,18-22H2,1-7H3,(H,47,53)/t28-,29+,30+,31+,32+,33-,34+,35-,36+,38?,39+,42-/m0/s1. The van der Waals surface area contributed by atoms with Crippen molar-refractivity contribution in [2.24, 2.45) is 0 Å². The summed E-state index contributed by atoms with van der Waals surface area (Å²) in [6, 6.07) is 14.7. The number of hydrogen-bond donors (Lipinski definition) is 2. The largest absolute Gasteiger partial charge is 0.471 e. The van der Waals surface area contributed by atoms with Crippen molar-refractivity contribution < 1.29 is 99.2 Å². The summed E-state index contributed by atoms with van der Waals surface area (Å²) in [6.45, 7) is 7.98. The number of halogens is 3. The summed E-state index contributed by atoms with van der Waals surface area (Å²) >= 11 is 0. The van der Waals surface area contributed by atoms with Gasteiger partial charge in [-0.2, -0.15) is 13.2 Å². The van der Waals surface area contributed by atoms with E-state index < -0.39 is 136 Å². The quantitative estimate of drug-likeness (QED) is 0.131. The molecule has 0 aromatic heterocycles. The van der Waals surface area contributed by atoms with E-state index in [-0.39, 0.29) is 18.8 Å². The average Bonchev–Trinajstić information content (AvgIpc) is 3.25. The number of methoxy groups -OCH3 is 1. The Morgan fingerprint density at radius 2 is 1.53 bits per heavy atom. The summed E-state index contributed by atoms with van der Waals surface area (Å²) in [5.41, 5.74) is 0.586. The Morgan fingerprint density at radius 1 is 0.894 bits per heavy atom. The normalized spacial score (nSPS) is 28.6. The van der Waals surface area contributed by atoms with Crippen LogP contribution in [-0.2, 0) is 76.1 Å². The highest BCUT2D eigenvalue weighted by Gasteiger charge is 2.63. The fraction of sp³-hybridized carbons (Fsp3) is 0.581. The maximum atomic E-state index is 14.4. The molecule has 1 amide bonds. The number of amides is 1. The number of aliphatic hydroxyl groups excluding tert-OH is 1. The first-order chi connectivity index (χ1) is 31.0. The first-order valence-corrected chi connectivity index (χ1v) is 24.6. The predicted octanol–water partition coefficient (Wildman–Crippen LogP) is 3.28. The Labute approximate surface area is 378 Å². The number of benzene rings is 2. The van der Waals surface area contributed by atoms with Crippen molar-refractivity contribution in [3.05, 3.63) is 71.8 Å². The second-order valence-electron chi connectivity index (χ2n) is 16.8. The van der Waals surface area contributed by atoms with Crippen molar-refractivity contribution in [3.8, 4) is 0 Å². The predicted molar refractivity (Wildman–Crippen MR) is 219 cm³/mol. The molecule has 364 valence electrons. The third kappa shape index (κ3) is 13.5. The molecule has 0 spiro atoms. The van der Waals surface area contributed by atoms with E-state index in [0.717, 1.165) is 27.9 Å². The molecule has 23 heteroatoms. The van der Waals surface area contributed by atoms with Crippen molar-refractivity contribution in [2.75, 3.05) is 26.9 Å². The van der Waals surface area contributed by atoms with Gasteiger partial charge in [0.1, 0.15) is 31.0 Å². The number of ether oxygens (including phenoxy) is 11. The molecule has 2 N–H and O–H groups in total. The van der Waals surface area contributed by atoms with Gasteiger partial charge in [-0.15, -0.1) is 0 Å². The maximum Gasteiger partial charge on any atom is 0.471 e. The molecule has 3 fully saturated rings. The lowest BCUT2D eigenvalue weighted by molar-refractivity contribution is -0.398. The highest BCUT2D eigenvalue weighted by atomic mass is 28.3. The minimum absolute atomic E-state index is 0.0677. The molecule has 19 nitrogen and oxygen atoms in total. The van der Waals surface area contributed by atoms with Gasteiger partial charge in [0.25, 0.3) is 5.79 Å². The van der Waals surface area contributed by atoms with Crippen LogP contribution in [0.3, 0.4) is 0 Å². The van der Waals surface area contributed by atoms with Gasteiger partial charge < -0.3 is 62.5 Å². The van der Waals surface area contributed by atoms with Gasteiger partial charge in [-0.3, -0.25) is 19.2 Å². The fourth-order valence-corrected chi connectivity index (χ4v) is 8.13. The van der Waals surface area contributed by atoms with Crippen LogP contribution in [0.4, 0.5) is 13.2 Å². The summed E-state index contributed by atoms with van der Waals surface area (Å²) in [5, 5.41) is 13.5. The minimum Gasteiger partial charge on any atom is -0.465 e. The molecule has 2 aromatic carbocycles. The number of fused-ring (bicyclic) bond motifs is 1. The molecule has 3 heterocycles. The molecule has 3 saturated heterocycles. The first kappa shape index (κ1) is 52.0. The van der Waals surface area contributed by atoms with E-state index in [1.54, 1.807) is 53.8 Å². The molecule has 0 bridgehead atoms. The Kier molecular flexibility index (Phi) is 17.5. The monoisotopic (exact) mass is 957 g/mol. The molecule has 2 aromatic rings. The van der Waals surface area contributed by atoms with Crippen LogP contribution in [0.15, 0.2) is 60.7 Å². The number of alkyl halides is 3. The van der Waals surface area contributed by atoms with Gasteiger partial charge in [0.15, 0.2) is 30.9 Å². The molecule has 0 saturated carbocycles. The van der Waals surface area contributed by atoms with Crippen LogP contribution in [-0.4, -0.2) is 149 Å². The SMILES string of the molecule is COC(=O)[C@@]1(O[C@H]2[C@H]3OC(c4ccccc4)OC[C@H]3O[C@@H](OCC[Si](C)(C)C)[C@@H]2OC(=O)c2ccccc2)C[C@H](O)[C@@H](NC(=O)C(F)(F)F)[C@H]([C@H](OC(C)=O)[C@@H](COC(C)=O)OC(C)=O)O1. The number of nitrogens with one attached hydrogen (secondary N) is 1. The van der Waals surface area contributed by atoms with Crippen LogP contribution < -0.4 is 5.32 Å². The summed E-state index contributed by atoms with van der Waals surface area (Å²) in [7, 11) is -0.898. The van der Waals surface area contributed by atoms with Gasteiger partial charge in [-0.05, 0) is 18.2 Å². The van der Waals surface area contributed by atoms with Gasteiger partial charge in [0.2, 0.25) is 0 Å². The lowest BCUT2D eigenvalue weighted by atomic mass is 9.87. The number of hydrogen-bond acceptors (Lipinski definition) is 18. The lowest BCUT2D eigenvalue weighted by Crippen LogP contribution is -2.72. The van der Waals surface area contributed by atoms with Gasteiger partial charge >= 0.3 is 41.9 Å². The topological polar surface area (TPSA) is 236 Å². The lowest BCUT2D eigenvalue weighted by Gasteiger charge is -2.53.